The number of benzene rings is 2. The minimum absolute atomic E-state index is 0.00106. The van der Waals surface area contributed by atoms with E-state index in [2.05, 4.69) is 36.4 Å². The molecule has 3 heteroatoms. The van der Waals surface area contributed by atoms with E-state index >= 15 is 0 Å². The fourth-order valence-electron chi connectivity index (χ4n) is 1.82. The van der Waals surface area contributed by atoms with Crippen LogP contribution in [0.15, 0.2) is 48.5 Å². The minimum Gasteiger partial charge on any atom is -0.485 e. The van der Waals surface area contributed by atoms with E-state index in [-0.39, 0.29) is 12.4 Å². The summed E-state index contributed by atoms with van der Waals surface area (Å²) in [6, 6.07) is 15.4. The summed E-state index contributed by atoms with van der Waals surface area (Å²) in [6.07, 6.45) is 0. The summed E-state index contributed by atoms with van der Waals surface area (Å²) >= 11 is 2.23. The molecular weight excluding hydrogens is 363 g/mol. The fourth-order valence-corrected chi connectivity index (χ4v) is 2.18. The van der Waals surface area contributed by atoms with Crippen LogP contribution in [0.1, 0.15) is 35.7 Å². The lowest BCUT2D eigenvalue weighted by atomic mass is 10.0. The molecule has 0 aliphatic carbocycles. The van der Waals surface area contributed by atoms with Crippen molar-refractivity contribution in [2.75, 3.05) is 6.61 Å². The van der Waals surface area contributed by atoms with Crippen molar-refractivity contribution in [3.8, 4) is 5.75 Å². The first-order valence-electron chi connectivity index (χ1n) is 6.58. The van der Waals surface area contributed by atoms with Crippen molar-refractivity contribution in [1.29, 1.82) is 0 Å². The van der Waals surface area contributed by atoms with Crippen molar-refractivity contribution in [2.24, 2.45) is 0 Å². The first kappa shape index (κ1) is 15.0. The second kappa shape index (κ2) is 6.88. The molecule has 2 rings (SSSR count). The molecule has 0 radical (unpaired) electrons. The second-order valence-electron chi connectivity index (χ2n) is 4.94. The summed E-state index contributed by atoms with van der Waals surface area (Å²) in [4.78, 5) is 12.0. The Morgan fingerprint density at radius 2 is 1.65 bits per heavy atom. The smallest absolute Gasteiger partial charge is 0.200 e. The van der Waals surface area contributed by atoms with Crippen LogP contribution in [0.25, 0.3) is 0 Å². The lowest BCUT2D eigenvalue weighted by molar-refractivity contribution is 0.0921. The number of rotatable bonds is 5. The monoisotopic (exact) mass is 380 g/mol. The number of Topliss-reactive ketones (excluding diaryl/α,β-unsaturated/α-hetero) is 1. The van der Waals surface area contributed by atoms with E-state index in [1.807, 2.05) is 48.5 Å². The van der Waals surface area contributed by atoms with Crippen LogP contribution >= 0.6 is 22.6 Å². The highest BCUT2D eigenvalue weighted by atomic mass is 127. The van der Waals surface area contributed by atoms with Crippen LogP contribution in [0.5, 0.6) is 5.75 Å². The summed E-state index contributed by atoms with van der Waals surface area (Å²) in [5.41, 5.74) is 1.93. The number of carbonyl (C=O) groups excluding carboxylic acids is 1. The van der Waals surface area contributed by atoms with Gasteiger partial charge < -0.3 is 4.74 Å². The van der Waals surface area contributed by atoms with Gasteiger partial charge in [0.1, 0.15) is 5.75 Å². The molecule has 0 aliphatic heterocycles. The molecule has 0 aliphatic rings. The van der Waals surface area contributed by atoms with Crippen molar-refractivity contribution in [2.45, 2.75) is 19.8 Å². The Morgan fingerprint density at radius 1 is 1.05 bits per heavy atom. The summed E-state index contributed by atoms with van der Waals surface area (Å²) in [5.74, 6) is 1.19. The SMILES string of the molecule is CC(C)c1ccc(C(=O)COc2ccc(I)cc2)cc1. The molecule has 0 unspecified atom stereocenters. The molecule has 104 valence electrons. The van der Waals surface area contributed by atoms with E-state index in [9.17, 15) is 4.79 Å². The van der Waals surface area contributed by atoms with Gasteiger partial charge in [0.25, 0.3) is 0 Å². The third-order valence-corrected chi connectivity index (χ3v) is 3.80. The summed E-state index contributed by atoms with van der Waals surface area (Å²) in [7, 11) is 0. The van der Waals surface area contributed by atoms with E-state index in [1.165, 1.54) is 5.56 Å². The quantitative estimate of drug-likeness (QED) is 0.556. The Hall–Kier alpha value is -1.36. The average Bonchev–Trinajstić information content (AvgIpc) is 2.46. The Kier molecular flexibility index (Phi) is 5.17. The molecule has 0 aromatic heterocycles. The van der Waals surface area contributed by atoms with Crippen LogP contribution in [0.4, 0.5) is 0 Å². The standard InChI is InChI=1S/C17H17IO2/c1-12(2)13-3-5-14(6-4-13)17(19)11-20-16-9-7-15(18)8-10-16/h3-10,12H,11H2,1-2H3. The molecule has 0 saturated carbocycles. The van der Waals surface area contributed by atoms with E-state index < -0.39 is 0 Å². The molecule has 2 aromatic rings. The molecule has 0 amide bonds. The topological polar surface area (TPSA) is 26.3 Å². The molecule has 0 bridgehead atoms. The van der Waals surface area contributed by atoms with Crippen molar-refractivity contribution in [1.82, 2.24) is 0 Å². The summed E-state index contributed by atoms with van der Waals surface area (Å²) in [5, 5.41) is 0. The second-order valence-corrected chi connectivity index (χ2v) is 6.19. The van der Waals surface area contributed by atoms with Crippen LogP contribution in [-0.4, -0.2) is 12.4 Å². The summed E-state index contributed by atoms with van der Waals surface area (Å²) < 4.78 is 6.65. The third-order valence-electron chi connectivity index (χ3n) is 3.08. The first-order valence-corrected chi connectivity index (χ1v) is 7.65. The van der Waals surface area contributed by atoms with Gasteiger partial charge in [-0.05, 0) is 58.3 Å². The molecule has 20 heavy (non-hydrogen) atoms. The molecule has 0 saturated heterocycles. The van der Waals surface area contributed by atoms with E-state index in [4.69, 9.17) is 4.74 Å². The minimum atomic E-state index is -0.00106. The predicted molar refractivity (Wildman–Crippen MR) is 89.5 cm³/mol. The summed E-state index contributed by atoms with van der Waals surface area (Å²) in [6.45, 7) is 4.34. The highest BCUT2D eigenvalue weighted by Crippen LogP contribution is 2.16. The van der Waals surface area contributed by atoms with Gasteiger partial charge in [-0.2, -0.15) is 0 Å². The van der Waals surface area contributed by atoms with E-state index in [0.717, 1.165) is 9.32 Å². The average molecular weight is 380 g/mol. The normalized spacial score (nSPS) is 10.6. The van der Waals surface area contributed by atoms with Gasteiger partial charge in [0, 0.05) is 9.13 Å². The van der Waals surface area contributed by atoms with Gasteiger partial charge in [-0.1, -0.05) is 38.1 Å². The molecular formula is C17H17IO2. The number of ether oxygens (including phenoxy) is 1. The number of hydrogen-bond acceptors (Lipinski definition) is 2. The highest BCUT2D eigenvalue weighted by Gasteiger charge is 2.07. The van der Waals surface area contributed by atoms with E-state index in [1.54, 1.807) is 0 Å². The highest BCUT2D eigenvalue weighted by molar-refractivity contribution is 14.1. The molecule has 2 aromatic carbocycles. The largest absolute Gasteiger partial charge is 0.485 e. The van der Waals surface area contributed by atoms with Crippen LogP contribution in [0.2, 0.25) is 0 Å². The third kappa shape index (κ3) is 4.07. The lowest BCUT2D eigenvalue weighted by Gasteiger charge is -2.08. The molecule has 0 atom stereocenters. The van der Waals surface area contributed by atoms with Gasteiger partial charge in [-0.25, -0.2) is 0 Å². The maximum absolute atomic E-state index is 12.0. The number of halogens is 1. The van der Waals surface area contributed by atoms with Gasteiger partial charge in [0.2, 0.25) is 0 Å². The number of ketones is 1. The van der Waals surface area contributed by atoms with Gasteiger partial charge in [0.05, 0.1) is 0 Å². The molecule has 2 nitrogen and oxygen atoms in total. The molecule has 0 spiro atoms. The van der Waals surface area contributed by atoms with Crippen molar-refractivity contribution >= 4 is 28.4 Å². The van der Waals surface area contributed by atoms with Gasteiger partial charge in [0.15, 0.2) is 12.4 Å². The van der Waals surface area contributed by atoms with Crippen LogP contribution < -0.4 is 4.74 Å². The van der Waals surface area contributed by atoms with Crippen molar-refractivity contribution in [3.05, 3.63) is 63.2 Å². The van der Waals surface area contributed by atoms with Crippen molar-refractivity contribution < 1.29 is 9.53 Å². The maximum atomic E-state index is 12.0. The Labute approximate surface area is 133 Å². The maximum Gasteiger partial charge on any atom is 0.200 e. The number of hydrogen-bond donors (Lipinski definition) is 0. The Morgan fingerprint density at radius 3 is 2.20 bits per heavy atom. The molecule has 0 N–H and O–H groups in total. The molecule has 0 heterocycles. The first-order chi connectivity index (χ1) is 9.56. The van der Waals surface area contributed by atoms with Gasteiger partial charge >= 0.3 is 0 Å². The van der Waals surface area contributed by atoms with E-state index in [0.29, 0.717) is 11.5 Å². The van der Waals surface area contributed by atoms with Crippen LogP contribution in [-0.2, 0) is 0 Å². The van der Waals surface area contributed by atoms with Crippen molar-refractivity contribution in [3.63, 3.8) is 0 Å². The van der Waals surface area contributed by atoms with Crippen LogP contribution in [0.3, 0.4) is 0 Å². The Bertz CT molecular complexity index is 571. The van der Waals surface area contributed by atoms with Crippen LogP contribution in [0, 0.1) is 3.57 Å². The lowest BCUT2D eigenvalue weighted by Crippen LogP contribution is -2.11. The predicted octanol–water partition coefficient (Wildman–Crippen LogP) is 4.68. The zero-order valence-electron chi connectivity index (χ0n) is 11.6. The Balaban J connectivity index is 1.96. The fraction of sp³-hybridized carbons (Fsp3) is 0.235. The molecule has 0 fully saturated rings. The van der Waals surface area contributed by atoms with Gasteiger partial charge in [-0.3, -0.25) is 4.79 Å². The zero-order chi connectivity index (χ0) is 14.5. The zero-order valence-corrected chi connectivity index (χ0v) is 13.8. The van der Waals surface area contributed by atoms with Gasteiger partial charge in [-0.15, -0.1) is 0 Å². The number of carbonyl (C=O) groups is 1.